The molecule has 0 aliphatic carbocycles. The van der Waals surface area contributed by atoms with Crippen molar-refractivity contribution in [1.29, 1.82) is 0 Å². The van der Waals surface area contributed by atoms with E-state index >= 15 is 0 Å². The second-order valence-electron chi connectivity index (χ2n) is 6.16. The van der Waals surface area contributed by atoms with E-state index in [4.69, 9.17) is 16.0 Å². The number of hydrogen-bond acceptors (Lipinski definition) is 3. The van der Waals surface area contributed by atoms with E-state index in [0.29, 0.717) is 35.9 Å². The highest BCUT2D eigenvalue weighted by molar-refractivity contribution is 6.31. The van der Waals surface area contributed by atoms with E-state index in [2.05, 4.69) is 0 Å². The number of carboxylic acids is 1. The maximum absolute atomic E-state index is 12.7. The van der Waals surface area contributed by atoms with E-state index < -0.39 is 11.9 Å². The fraction of sp³-hybridized carbons (Fsp3) is 0.412. The largest absolute Gasteiger partial charge is 0.481 e. The molecule has 1 aliphatic heterocycles. The van der Waals surface area contributed by atoms with Crippen LogP contribution in [0.25, 0.3) is 11.0 Å². The molecule has 1 amide bonds. The number of aliphatic carboxylic acids is 1. The van der Waals surface area contributed by atoms with E-state index in [-0.39, 0.29) is 11.8 Å². The summed E-state index contributed by atoms with van der Waals surface area (Å²) >= 11 is 6.00. The Morgan fingerprint density at radius 3 is 2.78 bits per heavy atom. The number of hydrogen-bond donors (Lipinski definition) is 1. The Balaban J connectivity index is 1.87. The third-order valence-electron chi connectivity index (χ3n) is 4.60. The maximum atomic E-state index is 12.7. The molecule has 0 spiro atoms. The quantitative estimate of drug-likeness (QED) is 0.910. The van der Waals surface area contributed by atoms with Crippen molar-refractivity contribution in [2.45, 2.75) is 20.3 Å². The molecule has 1 aromatic heterocycles. The normalized spacial score (nSPS) is 21.6. The summed E-state index contributed by atoms with van der Waals surface area (Å²) in [5.74, 6) is -1.15. The summed E-state index contributed by atoms with van der Waals surface area (Å²) in [6.07, 6.45) is 0.466. The summed E-state index contributed by atoms with van der Waals surface area (Å²) in [6.45, 7) is 4.55. The van der Waals surface area contributed by atoms with Gasteiger partial charge < -0.3 is 14.4 Å². The second kappa shape index (κ2) is 5.89. The molecule has 1 saturated heterocycles. The van der Waals surface area contributed by atoms with Gasteiger partial charge in [0.2, 0.25) is 0 Å². The molecule has 5 nitrogen and oxygen atoms in total. The molecule has 2 aromatic rings. The van der Waals surface area contributed by atoms with Crippen molar-refractivity contribution in [3.05, 3.63) is 34.5 Å². The summed E-state index contributed by atoms with van der Waals surface area (Å²) in [6, 6.07) is 5.26. The SMILES string of the molecule is Cc1c(C(=O)N2CCC(C(=O)O)C(C)C2)oc2ccc(Cl)cc12. The molecule has 3 rings (SSSR count). The minimum absolute atomic E-state index is 0.0793. The molecule has 1 fully saturated rings. The average Bonchev–Trinajstić information content (AvgIpc) is 2.83. The monoisotopic (exact) mass is 335 g/mol. The fourth-order valence-corrected chi connectivity index (χ4v) is 3.41. The predicted molar refractivity (Wildman–Crippen MR) is 86.8 cm³/mol. The molecule has 2 heterocycles. The van der Waals surface area contributed by atoms with E-state index in [1.165, 1.54) is 0 Å². The van der Waals surface area contributed by atoms with Crippen LogP contribution >= 0.6 is 11.6 Å². The number of carbonyl (C=O) groups excluding carboxylic acids is 1. The van der Waals surface area contributed by atoms with Crippen molar-refractivity contribution in [1.82, 2.24) is 4.90 Å². The Labute approximate surface area is 138 Å². The number of fused-ring (bicyclic) bond motifs is 1. The fourth-order valence-electron chi connectivity index (χ4n) is 3.24. The molecule has 1 aromatic carbocycles. The van der Waals surface area contributed by atoms with Crippen LogP contribution in [0.15, 0.2) is 22.6 Å². The van der Waals surface area contributed by atoms with E-state index in [0.717, 1.165) is 10.9 Å². The Morgan fingerprint density at radius 1 is 1.39 bits per heavy atom. The van der Waals surface area contributed by atoms with Crippen LogP contribution in [0.3, 0.4) is 0 Å². The van der Waals surface area contributed by atoms with Crippen LogP contribution in [0.4, 0.5) is 0 Å². The van der Waals surface area contributed by atoms with Gasteiger partial charge in [0.1, 0.15) is 5.58 Å². The van der Waals surface area contributed by atoms with Crippen molar-refractivity contribution < 1.29 is 19.1 Å². The lowest BCUT2D eigenvalue weighted by Crippen LogP contribution is -2.45. The minimum atomic E-state index is -0.792. The smallest absolute Gasteiger partial charge is 0.306 e. The number of aryl methyl sites for hydroxylation is 1. The zero-order valence-electron chi connectivity index (χ0n) is 13.0. The van der Waals surface area contributed by atoms with Gasteiger partial charge in [0.05, 0.1) is 5.92 Å². The van der Waals surface area contributed by atoms with Crippen LogP contribution in [0.1, 0.15) is 29.5 Å². The van der Waals surface area contributed by atoms with Gasteiger partial charge in [0.15, 0.2) is 5.76 Å². The van der Waals surface area contributed by atoms with Crippen LogP contribution < -0.4 is 0 Å². The number of piperidine rings is 1. The number of carbonyl (C=O) groups is 2. The number of rotatable bonds is 2. The third kappa shape index (κ3) is 2.81. The minimum Gasteiger partial charge on any atom is -0.481 e. The Morgan fingerprint density at radius 2 is 2.13 bits per heavy atom. The lowest BCUT2D eigenvalue weighted by Gasteiger charge is -2.34. The van der Waals surface area contributed by atoms with Crippen molar-refractivity contribution in [3.8, 4) is 0 Å². The molecule has 0 saturated carbocycles. The summed E-state index contributed by atoms with van der Waals surface area (Å²) in [4.78, 5) is 25.6. The van der Waals surface area contributed by atoms with Gasteiger partial charge >= 0.3 is 5.97 Å². The first kappa shape index (κ1) is 15.9. The van der Waals surface area contributed by atoms with Crippen LogP contribution in [-0.2, 0) is 4.79 Å². The number of carboxylic acid groups (broad SMARTS) is 1. The zero-order valence-corrected chi connectivity index (χ0v) is 13.8. The number of benzene rings is 1. The van der Waals surface area contributed by atoms with E-state index in [9.17, 15) is 14.7 Å². The lowest BCUT2D eigenvalue weighted by atomic mass is 9.87. The van der Waals surface area contributed by atoms with Gasteiger partial charge in [-0.15, -0.1) is 0 Å². The third-order valence-corrected chi connectivity index (χ3v) is 4.84. The Kier molecular flexibility index (Phi) is 4.06. The van der Waals surface area contributed by atoms with Crippen molar-refractivity contribution in [2.24, 2.45) is 11.8 Å². The standard InChI is InChI=1S/C17H18ClNO4/c1-9-8-19(6-5-12(9)17(21)22)16(20)15-10(2)13-7-11(18)3-4-14(13)23-15/h3-4,7,9,12H,5-6,8H2,1-2H3,(H,21,22). The molecule has 1 N–H and O–H groups in total. The van der Waals surface area contributed by atoms with Crippen molar-refractivity contribution in [3.63, 3.8) is 0 Å². The molecule has 2 atom stereocenters. The van der Waals surface area contributed by atoms with Gasteiger partial charge in [-0.05, 0) is 37.5 Å². The average molecular weight is 336 g/mol. The molecule has 122 valence electrons. The lowest BCUT2D eigenvalue weighted by molar-refractivity contribution is -0.145. The highest BCUT2D eigenvalue weighted by Gasteiger charge is 2.34. The van der Waals surface area contributed by atoms with Crippen LogP contribution in [-0.4, -0.2) is 35.0 Å². The van der Waals surface area contributed by atoms with Crippen LogP contribution in [0.5, 0.6) is 0 Å². The Hall–Kier alpha value is -2.01. The van der Waals surface area contributed by atoms with Gasteiger partial charge in [-0.3, -0.25) is 9.59 Å². The van der Waals surface area contributed by atoms with Gasteiger partial charge in [-0.1, -0.05) is 18.5 Å². The van der Waals surface area contributed by atoms with Gasteiger partial charge in [-0.25, -0.2) is 0 Å². The summed E-state index contributed by atoms with van der Waals surface area (Å²) in [5, 5.41) is 10.6. The Bertz CT molecular complexity index is 782. The molecule has 1 aliphatic rings. The first-order valence-electron chi connectivity index (χ1n) is 7.59. The topological polar surface area (TPSA) is 70.8 Å². The summed E-state index contributed by atoms with van der Waals surface area (Å²) < 4.78 is 5.71. The molecule has 6 heteroatoms. The first-order chi connectivity index (χ1) is 10.9. The van der Waals surface area contributed by atoms with E-state index in [1.807, 2.05) is 13.8 Å². The highest BCUT2D eigenvalue weighted by atomic mass is 35.5. The number of halogens is 1. The van der Waals surface area contributed by atoms with Crippen LogP contribution in [0, 0.1) is 18.8 Å². The van der Waals surface area contributed by atoms with Crippen molar-refractivity contribution in [2.75, 3.05) is 13.1 Å². The molecule has 0 radical (unpaired) electrons. The molecular weight excluding hydrogens is 318 g/mol. The van der Waals surface area contributed by atoms with Crippen LogP contribution in [0.2, 0.25) is 5.02 Å². The number of amides is 1. The molecule has 0 bridgehead atoms. The molecule has 23 heavy (non-hydrogen) atoms. The summed E-state index contributed by atoms with van der Waals surface area (Å²) in [7, 11) is 0. The van der Waals surface area contributed by atoms with Gasteiger partial charge in [0.25, 0.3) is 5.91 Å². The molecule has 2 unspecified atom stereocenters. The number of furan rings is 1. The first-order valence-corrected chi connectivity index (χ1v) is 7.97. The predicted octanol–water partition coefficient (Wildman–Crippen LogP) is 3.58. The van der Waals surface area contributed by atoms with Crippen molar-refractivity contribution >= 4 is 34.4 Å². The van der Waals surface area contributed by atoms with Gasteiger partial charge in [0, 0.05) is 29.1 Å². The highest BCUT2D eigenvalue weighted by Crippen LogP contribution is 2.30. The number of nitrogens with zero attached hydrogens (tertiary/aromatic N) is 1. The number of likely N-dealkylation sites (tertiary alicyclic amines) is 1. The van der Waals surface area contributed by atoms with E-state index in [1.54, 1.807) is 23.1 Å². The van der Waals surface area contributed by atoms with Gasteiger partial charge in [-0.2, -0.15) is 0 Å². The summed E-state index contributed by atoms with van der Waals surface area (Å²) in [5.41, 5.74) is 1.39. The maximum Gasteiger partial charge on any atom is 0.306 e. The second-order valence-corrected chi connectivity index (χ2v) is 6.59. The molecular formula is C17H18ClNO4. The zero-order chi connectivity index (χ0) is 16.7.